The van der Waals surface area contributed by atoms with Crippen LogP contribution in [0, 0.1) is 10.1 Å². The van der Waals surface area contributed by atoms with Gasteiger partial charge in [-0.15, -0.1) is 0 Å². The van der Waals surface area contributed by atoms with Gasteiger partial charge in [-0.1, -0.05) is 23.7 Å². The van der Waals surface area contributed by atoms with Gasteiger partial charge in [-0.2, -0.15) is 0 Å². The quantitative estimate of drug-likeness (QED) is 0.537. The standard InChI is InChI=1S/C18H17ClN4O3/c1-18(2,3)22-14-7-5-4-6-13(14)20-17(22)21-16(24)12-9-8-11(19)10-15(12)23(25)26/h4-10H,1-3H3,(H,20,21,24). The third-order valence-corrected chi connectivity index (χ3v) is 4.09. The van der Waals surface area contributed by atoms with Crippen LogP contribution in [0.2, 0.25) is 5.02 Å². The molecule has 0 spiro atoms. The van der Waals surface area contributed by atoms with Crippen molar-refractivity contribution in [2.24, 2.45) is 0 Å². The number of para-hydroxylation sites is 2. The molecule has 0 fully saturated rings. The molecule has 0 unspecified atom stereocenters. The van der Waals surface area contributed by atoms with E-state index in [0.29, 0.717) is 5.95 Å². The second-order valence-electron chi connectivity index (χ2n) is 6.80. The number of anilines is 1. The summed E-state index contributed by atoms with van der Waals surface area (Å²) in [5.74, 6) is -0.290. The number of hydrogen-bond acceptors (Lipinski definition) is 4. The second kappa shape index (κ2) is 6.42. The van der Waals surface area contributed by atoms with E-state index in [2.05, 4.69) is 10.3 Å². The number of imidazole rings is 1. The van der Waals surface area contributed by atoms with E-state index in [0.717, 1.165) is 17.1 Å². The number of nitrogens with one attached hydrogen (secondary N) is 1. The number of halogens is 1. The number of benzene rings is 2. The number of aromatic nitrogens is 2. The lowest BCUT2D eigenvalue weighted by atomic mass is 10.1. The molecule has 1 N–H and O–H groups in total. The van der Waals surface area contributed by atoms with Crippen molar-refractivity contribution in [2.75, 3.05) is 5.32 Å². The summed E-state index contributed by atoms with van der Waals surface area (Å²) >= 11 is 5.81. The minimum absolute atomic E-state index is 0.0769. The van der Waals surface area contributed by atoms with Gasteiger partial charge < -0.3 is 4.57 Å². The molecule has 0 aliphatic heterocycles. The van der Waals surface area contributed by atoms with Crippen molar-refractivity contribution < 1.29 is 9.72 Å². The fraction of sp³-hybridized carbons (Fsp3) is 0.222. The molecule has 26 heavy (non-hydrogen) atoms. The molecular weight excluding hydrogens is 356 g/mol. The Bertz CT molecular complexity index is 1020. The minimum Gasteiger partial charge on any atom is -0.305 e. The molecule has 1 heterocycles. The van der Waals surface area contributed by atoms with E-state index < -0.39 is 10.8 Å². The highest BCUT2D eigenvalue weighted by Gasteiger charge is 2.25. The van der Waals surface area contributed by atoms with Crippen LogP contribution in [0.3, 0.4) is 0 Å². The number of carbonyl (C=O) groups is 1. The van der Waals surface area contributed by atoms with Gasteiger partial charge in [0.15, 0.2) is 0 Å². The highest BCUT2D eigenvalue weighted by Crippen LogP contribution is 2.29. The first-order valence-electron chi connectivity index (χ1n) is 7.92. The topological polar surface area (TPSA) is 90.1 Å². The molecule has 134 valence electrons. The number of fused-ring (bicyclic) bond motifs is 1. The summed E-state index contributed by atoms with van der Waals surface area (Å²) in [6, 6.07) is 11.4. The van der Waals surface area contributed by atoms with E-state index >= 15 is 0 Å². The maximum absolute atomic E-state index is 12.7. The summed E-state index contributed by atoms with van der Waals surface area (Å²) in [6.45, 7) is 5.96. The number of carbonyl (C=O) groups excluding carboxylic acids is 1. The van der Waals surface area contributed by atoms with Crippen LogP contribution in [-0.4, -0.2) is 20.4 Å². The van der Waals surface area contributed by atoms with Crippen molar-refractivity contribution in [1.82, 2.24) is 9.55 Å². The number of nitro groups is 1. The lowest BCUT2D eigenvalue weighted by Gasteiger charge is -2.24. The van der Waals surface area contributed by atoms with Gasteiger partial charge >= 0.3 is 0 Å². The van der Waals surface area contributed by atoms with E-state index in [4.69, 9.17) is 11.6 Å². The van der Waals surface area contributed by atoms with Crippen LogP contribution in [0.4, 0.5) is 11.6 Å². The van der Waals surface area contributed by atoms with E-state index in [1.807, 2.05) is 49.6 Å². The Hall–Kier alpha value is -2.93. The third-order valence-electron chi connectivity index (χ3n) is 3.86. The number of amides is 1. The predicted molar refractivity (Wildman–Crippen MR) is 101 cm³/mol. The average Bonchev–Trinajstić information content (AvgIpc) is 2.92. The maximum atomic E-state index is 12.7. The van der Waals surface area contributed by atoms with Crippen molar-refractivity contribution in [3.05, 3.63) is 63.2 Å². The Labute approximate surface area is 154 Å². The SMILES string of the molecule is CC(C)(C)n1c(NC(=O)c2ccc(Cl)cc2[N+](=O)[O-])nc2ccccc21. The molecule has 0 radical (unpaired) electrons. The molecule has 1 amide bonds. The summed E-state index contributed by atoms with van der Waals surface area (Å²) in [4.78, 5) is 27.8. The van der Waals surface area contributed by atoms with Crippen molar-refractivity contribution in [3.63, 3.8) is 0 Å². The van der Waals surface area contributed by atoms with E-state index in [1.54, 1.807) is 0 Å². The summed E-state index contributed by atoms with van der Waals surface area (Å²) in [6.07, 6.45) is 0. The summed E-state index contributed by atoms with van der Waals surface area (Å²) in [5, 5.41) is 14.1. The molecule has 0 saturated heterocycles. The first kappa shape index (κ1) is 17.9. The van der Waals surface area contributed by atoms with Crippen LogP contribution in [0.1, 0.15) is 31.1 Å². The molecule has 2 aromatic carbocycles. The zero-order valence-electron chi connectivity index (χ0n) is 14.5. The van der Waals surface area contributed by atoms with E-state index in [9.17, 15) is 14.9 Å². The van der Waals surface area contributed by atoms with Crippen LogP contribution in [-0.2, 0) is 5.54 Å². The summed E-state index contributed by atoms with van der Waals surface area (Å²) in [5.41, 5.74) is 0.801. The molecule has 3 aromatic rings. The van der Waals surface area contributed by atoms with Crippen LogP contribution < -0.4 is 5.32 Å². The number of hydrogen-bond donors (Lipinski definition) is 1. The highest BCUT2D eigenvalue weighted by molar-refractivity contribution is 6.31. The van der Waals surface area contributed by atoms with Gasteiger partial charge in [-0.25, -0.2) is 4.98 Å². The lowest BCUT2D eigenvalue weighted by molar-refractivity contribution is -0.385. The number of nitrogens with zero attached hydrogens (tertiary/aromatic N) is 3. The van der Waals surface area contributed by atoms with Crippen molar-refractivity contribution in [3.8, 4) is 0 Å². The molecular formula is C18H17ClN4O3. The molecule has 0 bridgehead atoms. The molecule has 0 aliphatic carbocycles. The van der Waals surface area contributed by atoms with Crippen LogP contribution in [0.5, 0.6) is 0 Å². The van der Waals surface area contributed by atoms with Gasteiger partial charge in [0.1, 0.15) is 5.56 Å². The van der Waals surface area contributed by atoms with Crippen molar-refractivity contribution in [1.29, 1.82) is 0 Å². The second-order valence-corrected chi connectivity index (χ2v) is 7.24. The van der Waals surface area contributed by atoms with Gasteiger partial charge in [0.05, 0.1) is 16.0 Å². The van der Waals surface area contributed by atoms with Crippen LogP contribution in [0.25, 0.3) is 11.0 Å². The van der Waals surface area contributed by atoms with Gasteiger partial charge in [-0.3, -0.25) is 20.2 Å². The van der Waals surface area contributed by atoms with E-state index in [1.165, 1.54) is 12.1 Å². The molecule has 8 heteroatoms. The molecule has 0 atom stereocenters. The molecule has 0 saturated carbocycles. The Morgan fingerprint density at radius 1 is 1.23 bits per heavy atom. The molecule has 3 rings (SSSR count). The van der Waals surface area contributed by atoms with Crippen LogP contribution in [0.15, 0.2) is 42.5 Å². The van der Waals surface area contributed by atoms with Crippen LogP contribution >= 0.6 is 11.6 Å². The predicted octanol–water partition coefficient (Wildman–Crippen LogP) is 4.61. The Balaban J connectivity index is 2.08. The van der Waals surface area contributed by atoms with E-state index in [-0.39, 0.29) is 21.8 Å². The average molecular weight is 373 g/mol. The Kier molecular flexibility index (Phi) is 4.41. The zero-order chi connectivity index (χ0) is 19.1. The first-order chi connectivity index (χ1) is 12.2. The van der Waals surface area contributed by atoms with Crippen molar-refractivity contribution in [2.45, 2.75) is 26.3 Å². The monoisotopic (exact) mass is 372 g/mol. The Morgan fingerprint density at radius 3 is 2.58 bits per heavy atom. The van der Waals surface area contributed by atoms with Gasteiger partial charge in [0.2, 0.25) is 5.95 Å². The van der Waals surface area contributed by atoms with Gasteiger partial charge in [-0.05, 0) is 45.0 Å². The number of rotatable bonds is 3. The normalized spacial score (nSPS) is 11.5. The van der Waals surface area contributed by atoms with Gasteiger partial charge in [0.25, 0.3) is 11.6 Å². The third kappa shape index (κ3) is 3.25. The molecule has 0 aliphatic rings. The number of nitro benzene ring substituents is 1. The van der Waals surface area contributed by atoms with Gasteiger partial charge in [0, 0.05) is 16.6 Å². The fourth-order valence-electron chi connectivity index (χ4n) is 2.81. The fourth-order valence-corrected chi connectivity index (χ4v) is 2.97. The first-order valence-corrected chi connectivity index (χ1v) is 8.29. The molecule has 7 nitrogen and oxygen atoms in total. The summed E-state index contributed by atoms with van der Waals surface area (Å²) in [7, 11) is 0. The highest BCUT2D eigenvalue weighted by atomic mass is 35.5. The van der Waals surface area contributed by atoms with Crippen molar-refractivity contribution >= 4 is 40.2 Å². The Morgan fingerprint density at radius 2 is 1.92 bits per heavy atom. The molecule has 1 aromatic heterocycles. The smallest absolute Gasteiger partial charge is 0.283 e. The summed E-state index contributed by atoms with van der Waals surface area (Å²) < 4.78 is 1.89. The maximum Gasteiger partial charge on any atom is 0.283 e. The largest absolute Gasteiger partial charge is 0.305 e. The zero-order valence-corrected chi connectivity index (χ0v) is 15.2. The lowest BCUT2D eigenvalue weighted by Crippen LogP contribution is -2.26. The minimum atomic E-state index is -0.631.